The summed E-state index contributed by atoms with van der Waals surface area (Å²) in [6.45, 7) is 5.02. The second-order valence-electron chi connectivity index (χ2n) is 5.05. The van der Waals surface area contributed by atoms with Crippen LogP contribution in [-0.4, -0.2) is 5.60 Å². The molecule has 2 nitrogen and oxygen atoms in total. The zero-order valence-corrected chi connectivity index (χ0v) is 11.4. The lowest BCUT2D eigenvalue weighted by Crippen LogP contribution is -2.08. The number of hydrogen-bond acceptors (Lipinski definition) is 2. The van der Waals surface area contributed by atoms with Crippen LogP contribution in [0.5, 0.6) is 0 Å². The molecule has 1 fully saturated rings. The van der Waals surface area contributed by atoms with Crippen molar-refractivity contribution in [1.82, 2.24) is 0 Å². The predicted octanol–water partition coefficient (Wildman–Crippen LogP) is 3.86. The zero-order valence-electron chi connectivity index (χ0n) is 11.4. The first kappa shape index (κ1) is 13.2. The van der Waals surface area contributed by atoms with Crippen molar-refractivity contribution in [3.63, 3.8) is 0 Å². The summed E-state index contributed by atoms with van der Waals surface area (Å²) in [4.78, 5) is 0. The summed E-state index contributed by atoms with van der Waals surface area (Å²) in [5, 5.41) is 0. The van der Waals surface area contributed by atoms with Gasteiger partial charge in [0.2, 0.25) is 0 Å². The Labute approximate surface area is 110 Å². The van der Waals surface area contributed by atoms with E-state index in [1.54, 1.807) is 0 Å². The topological polar surface area (TPSA) is 38.5 Å². The van der Waals surface area contributed by atoms with Gasteiger partial charge in [0.05, 0.1) is 0 Å². The molecule has 0 saturated carbocycles. The Bertz CT molecular complexity index is 430. The summed E-state index contributed by atoms with van der Waals surface area (Å²) in [5.74, 6) is 1.15. The molecule has 1 aliphatic heterocycles. The smallest absolute Gasteiger partial charge is 0.165 e. The van der Waals surface area contributed by atoms with Crippen molar-refractivity contribution in [2.75, 3.05) is 0 Å². The van der Waals surface area contributed by atoms with Crippen LogP contribution in [-0.2, 0) is 11.3 Å². The van der Waals surface area contributed by atoms with E-state index >= 15 is 0 Å². The molecule has 0 spiro atoms. The number of ether oxygens (including phenoxy) is 1. The monoisotopic (exact) mass is 245 g/mol. The molecule has 0 amide bonds. The van der Waals surface area contributed by atoms with Gasteiger partial charge < -0.3 is 10.5 Å². The first-order valence-corrected chi connectivity index (χ1v) is 6.94. The second kappa shape index (κ2) is 5.57. The van der Waals surface area contributed by atoms with Gasteiger partial charge in [0.25, 0.3) is 0 Å². The molecule has 18 heavy (non-hydrogen) atoms. The lowest BCUT2D eigenvalue weighted by atomic mass is 9.96. The first-order chi connectivity index (χ1) is 8.74. The predicted molar refractivity (Wildman–Crippen MR) is 75.9 cm³/mol. The summed E-state index contributed by atoms with van der Waals surface area (Å²) >= 11 is 0. The third-order valence-electron chi connectivity index (χ3n) is 3.50. The van der Waals surface area contributed by atoms with E-state index in [2.05, 4.69) is 44.2 Å². The SMILES string of the molecule is CCCC1(CCC)OC1=Cc1cccc(CN)c1. The number of epoxide rings is 1. The molecule has 0 bridgehead atoms. The lowest BCUT2D eigenvalue weighted by molar-refractivity contribution is 0.274. The molecule has 1 aliphatic rings. The van der Waals surface area contributed by atoms with E-state index in [9.17, 15) is 0 Å². The summed E-state index contributed by atoms with van der Waals surface area (Å²) in [6, 6.07) is 8.35. The third kappa shape index (κ3) is 2.75. The number of benzene rings is 1. The van der Waals surface area contributed by atoms with E-state index in [0.29, 0.717) is 6.54 Å². The Morgan fingerprint density at radius 1 is 1.22 bits per heavy atom. The summed E-state index contributed by atoms with van der Waals surface area (Å²) in [5.41, 5.74) is 8.07. The third-order valence-corrected chi connectivity index (χ3v) is 3.50. The van der Waals surface area contributed by atoms with Crippen LogP contribution < -0.4 is 5.73 Å². The van der Waals surface area contributed by atoms with E-state index in [0.717, 1.165) is 18.6 Å². The molecule has 2 heteroatoms. The maximum Gasteiger partial charge on any atom is 0.165 e. The maximum atomic E-state index is 5.89. The van der Waals surface area contributed by atoms with Crippen LogP contribution in [0.25, 0.3) is 6.08 Å². The highest BCUT2D eigenvalue weighted by atomic mass is 16.6. The van der Waals surface area contributed by atoms with Gasteiger partial charge in [0.1, 0.15) is 5.76 Å². The van der Waals surface area contributed by atoms with Crippen molar-refractivity contribution in [1.29, 1.82) is 0 Å². The summed E-state index contributed by atoms with van der Waals surface area (Å²) in [6.07, 6.45) is 6.76. The fraction of sp³-hybridized carbons (Fsp3) is 0.500. The van der Waals surface area contributed by atoms with Crippen LogP contribution in [0.4, 0.5) is 0 Å². The van der Waals surface area contributed by atoms with E-state index in [4.69, 9.17) is 10.5 Å². The first-order valence-electron chi connectivity index (χ1n) is 6.94. The molecule has 2 N–H and O–H groups in total. The molecular weight excluding hydrogens is 222 g/mol. The molecule has 0 aromatic heterocycles. The Morgan fingerprint density at radius 2 is 1.94 bits per heavy atom. The van der Waals surface area contributed by atoms with Crippen molar-refractivity contribution in [3.05, 3.63) is 41.2 Å². The molecule has 1 heterocycles. The number of rotatable bonds is 6. The van der Waals surface area contributed by atoms with E-state index in [1.807, 2.05) is 0 Å². The molecule has 0 radical (unpaired) electrons. The van der Waals surface area contributed by atoms with Gasteiger partial charge >= 0.3 is 0 Å². The lowest BCUT2D eigenvalue weighted by Gasteiger charge is -2.05. The molecule has 1 aromatic rings. The zero-order chi connectivity index (χ0) is 13.0. The van der Waals surface area contributed by atoms with Gasteiger partial charge in [-0.2, -0.15) is 0 Å². The Morgan fingerprint density at radius 3 is 2.56 bits per heavy atom. The Hall–Kier alpha value is -1.28. The second-order valence-corrected chi connectivity index (χ2v) is 5.05. The quantitative estimate of drug-likeness (QED) is 0.773. The van der Waals surface area contributed by atoms with Crippen molar-refractivity contribution in [3.8, 4) is 0 Å². The standard InChI is InChI=1S/C16H23NO/c1-3-8-16(9-4-2)15(18-16)11-13-6-5-7-14(10-13)12-17/h5-7,10-11H,3-4,8-9,12,17H2,1-2H3. The molecule has 98 valence electrons. The fourth-order valence-corrected chi connectivity index (χ4v) is 2.59. The number of nitrogens with two attached hydrogens (primary N) is 1. The summed E-state index contributed by atoms with van der Waals surface area (Å²) in [7, 11) is 0. The van der Waals surface area contributed by atoms with Gasteiger partial charge in [-0.05, 0) is 30.0 Å². The van der Waals surface area contributed by atoms with Crippen molar-refractivity contribution >= 4 is 6.08 Å². The van der Waals surface area contributed by atoms with E-state index in [-0.39, 0.29) is 5.60 Å². The minimum Gasteiger partial charge on any atom is -0.479 e. The maximum absolute atomic E-state index is 5.89. The highest BCUT2D eigenvalue weighted by molar-refractivity contribution is 5.58. The average molecular weight is 245 g/mol. The van der Waals surface area contributed by atoms with Crippen LogP contribution in [0.1, 0.15) is 50.7 Å². The minimum atomic E-state index is 0.0439. The van der Waals surface area contributed by atoms with Crippen LogP contribution >= 0.6 is 0 Å². The van der Waals surface area contributed by atoms with Gasteiger partial charge in [-0.3, -0.25) is 0 Å². The van der Waals surface area contributed by atoms with Crippen molar-refractivity contribution < 1.29 is 4.74 Å². The van der Waals surface area contributed by atoms with Crippen LogP contribution in [0, 0.1) is 0 Å². The average Bonchev–Trinajstić information content (AvgIpc) is 3.03. The molecule has 2 rings (SSSR count). The van der Waals surface area contributed by atoms with E-state index < -0.39 is 0 Å². The van der Waals surface area contributed by atoms with E-state index in [1.165, 1.54) is 24.0 Å². The minimum absolute atomic E-state index is 0.0439. The number of hydrogen-bond donors (Lipinski definition) is 1. The van der Waals surface area contributed by atoms with Crippen LogP contribution in [0.3, 0.4) is 0 Å². The van der Waals surface area contributed by atoms with Gasteiger partial charge in [0.15, 0.2) is 5.60 Å². The van der Waals surface area contributed by atoms with Gasteiger partial charge in [0, 0.05) is 6.54 Å². The van der Waals surface area contributed by atoms with Crippen molar-refractivity contribution in [2.24, 2.45) is 5.73 Å². The Kier molecular flexibility index (Phi) is 4.07. The summed E-state index contributed by atoms with van der Waals surface area (Å²) < 4.78 is 5.89. The van der Waals surface area contributed by atoms with Crippen LogP contribution in [0.15, 0.2) is 30.0 Å². The molecular formula is C16H23NO. The van der Waals surface area contributed by atoms with Crippen LogP contribution in [0.2, 0.25) is 0 Å². The fourth-order valence-electron chi connectivity index (χ4n) is 2.59. The molecule has 1 saturated heterocycles. The van der Waals surface area contributed by atoms with Crippen molar-refractivity contribution in [2.45, 2.75) is 51.7 Å². The van der Waals surface area contributed by atoms with Gasteiger partial charge in [-0.1, -0.05) is 51.0 Å². The normalized spacial score (nSPS) is 18.7. The van der Waals surface area contributed by atoms with Gasteiger partial charge in [-0.15, -0.1) is 0 Å². The largest absolute Gasteiger partial charge is 0.479 e. The highest BCUT2D eigenvalue weighted by Gasteiger charge is 2.50. The molecule has 1 aromatic carbocycles. The van der Waals surface area contributed by atoms with Gasteiger partial charge in [-0.25, -0.2) is 0 Å². The molecule has 0 aliphatic carbocycles. The molecule has 0 atom stereocenters. The highest BCUT2D eigenvalue weighted by Crippen LogP contribution is 2.49. The molecule has 0 unspecified atom stereocenters. The Balaban J connectivity index is 2.14.